The van der Waals surface area contributed by atoms with Crippen molar-refractivity contribution in [1.82, 2.24) is 24.7 Å². The summed E-state index contributed by atoms with van der Waals surface area (Å²) in [7, 11) is 1.77. The topological polar surface area (TPSA) is 116 Å². The van der Waals surface area contributed by atoms with Crippen LogP contribution in [-0.4, -0.2) is 31.3 Å². The molecule has 4 aromatic heterocycles. The smallest absolute Gasteiger partial charge is 0.232 e. The van der Waals surface area contributed by atoms with Crippen molar-refractivity contribution in [2.45, 2.75) is 6.42 Å². The van der Waals surface area contributed by atoms with Gasteiger partial charge < -0.3 is 10.5 Å². The number of ether oxygens (including phenoxy) is 1. The molecular weight excluding hydrogens is 378 g/mol. The first kappa shape index (κ1) is 19.2. The van der Waals surface area contributed by atoms with Crippen LogP contribution in [0.25, 0.3) is 22.6 Å². The number of pyridine rings is 3. The SMILES string of the molecule is Cn1nc(-c2ccccn2)cc1Oc1nc(C#N)ccc1-c1ccc(CCN)cn1. The molecule has 0 spiro atoms. The van der Waals surface area contributed by atoms with Gasteiger partial charge in [-0.15, -0.1) is 0 Å². The Bertz CT molecular complexity index is 1190. The molecule has 8 heteroatoms. The first-order chi connectivity index (χ1) is 14.7. The Hall–Kier alpha value is -4.09. The number of aryl methyl sites for hydroxylation is 1. The van der Waals surface area contributed by atoms with Crippen molar-refractivity contribution in [3.05, 3.63) is 72.2 Å². The molecule has 4 aromatic rings. The van der Waals surface area contributed by atoms with Gasteiger partial charge >= 0.3 is 0 Å². The molecule has 0 aliphatic rings. The van der Waals surface area contributed by atoms with E-state index in [-0.39, 0.29) is 11.6 Å². The molecule has 2 N–H and O–H groups in total. The van der Waals surface area contributed by atoms with E-state index < -0.39 is 0 Å². The van der Waals surface area contributed by atoms with E-state index in [1.807, 2.05) is 36.4 Å². The fraction of sp³-hybridized carbons (Fsp3) is 0.136. The van der Waals surface area contributed by atoms with Gasteiger partial charge in [-0.1, -0.05) is 12.1 Å². The molecule has 4 rings (SSSR count). The molecule has 8 nitrogen and oxygen atoms in total. The van der Waals surface area contributed by atoms with Crippen LogP contribution < -0.4 is 10.5 Å². The zero-order chi connectivity index (χ0) is 20.9. The van der Waals surface area contributed by atoms with Crippen molar-refractivity contribution in [2.24, 2.45) is 12.8 Å². The lowest BCUT2D eigenvalue weighted by Gasteiger charge is -2.10. The average molecular weight is 397 g/mol. The number of rotatable bonds is 6. The van der Waals surface area contributed by atoms with Crippen molar-refractivity contribution in [3.63, 3.8) is 0 Å². The standard InChI is InChI=1S/C22H19N7O/c1-29-21(12-20(28-29)19-4-2-3-11-25-19)30-22-17(7-6-16(13-24)27-22)18-8-5-15(9-10-23)14-26-18/h2-8,11-12,14H,9-10,23H2,1H3. The maximum absolute atomic E-state index is 9.27. The van der Waals surface area contributed by atoms with Gasteiger partial charge in [0.15, 0.2) is 0 Å². The van der Waals surface area contributed by atoms with Crippen LogP contribution in [0.5, 0.6) is 11.8 Å². The second-order valence-corrected chi connectivity index (χ2v) is 6.56. The fourth-order valence-electron chi connectivity index (χ4n) is 2.96. The van der Waals surface area contributed by atoms with Gasteiger partial charge in [-0.05, 0) is 48.9 Å². The first-order valence-corrected chi connectivity index (χ1v) is 9.37. The predicted molar refractivity (Wildman–Crippen MR) is 111 cm³/mol. The third kappa shape index (κ3) is 4.01. The Morgan fingerprint density at radius 3 is 2.67 bits per heavy atom. The molecule has 0 amide bonds. The van der Waals surface area contributed by atoms with Crippen LogP contribution >= 0.6 is 0 Å². The lowest BCUT2D eigenvalue weighted by molar-refractivity contribution is 0.417. The molecule has 0 aliphatic heterocycles. The summed E-state index contributed by atoms with van der Waals surface area (Å²) in [5.41, 5.74) is 9.69. The number of hydrogen-bond acceptors (Lipinski definition) is 7. The monoisotopic (exact) mass is 397 g/mol. The van der Waals surface area contributed by atoms with Crippen LogP contribution in [0.15, 0.2) is 60.9 Å². The van der Waals surface area contributed by atoms with E-state index in [1.165, 1.54) is 0 Å². The maximum atomic E-state index is 9.27. The van der Waals surface area contributed by atoms with E-state index in [0.29, 0.717) is 29.4 Å². The van der Waals surface area contributed by atoms with Gasteiger partial charge in [0.25, 0.3) is 0 Å². The van der Waals surface area contributed by atoms with Crippen molar-refractivity contribution in [1.29, 1.82) is 5.26 Å². The van der Waals surface area contributed by atoms with E-state index in [2.05, 4.69) is 20.1 Å². The van der Waals surface area contributed by atoms with E-state index in [0.717, 1.165) is 17.7 Å². The van der Waals surface area contributed by atoms with E-state index in [1.54, 1.807) is 42.3 Å². The minimum atomic E-state index is 0.251. The third-order valence-electron chi connectivity index (χ3n) is 4.47. The minimum Gasteiger partial charge on any atom is -0.420 e. The zero-order valence-electron chi connectivity index (χ0n) is 16.4. The average Bonchev–Trinajstić information content (AvgIpc) is 3.15. The molecule has 0 aromatic carbocycles. The largest absolute Gasteiger partial charge is 0.420 e. The highest BCUT2D eigenvalue weighted by Gasteiger charge is 2.16. The molecule has 0 saturated carbocycles. The van der Waals surface area contributed by atoms with Gasteiger partial charge in [0.1, 0.15) is 17.5 Å². The Morgan fingerprint density at radius 2 is 1.97 bits per heavy atom. The fourth-order valence-corrected chi connectivity index (χ4v) is 2.96. The Morgan fingerprint density at radius 1 is 1.07 bits per heavy atom. The summed E-state index contributed by atoms with van der Waals surface area (Å²) in [6.45, 7) is 0.562. The lowest BCUT2D eigenvalue weighted by atomic mass is 10.1. The van der Waals surface area contributed by atoms with Gasteiger partial charge in [0, 0.05) is 25.5 Å². The summed E-state index contributed by atoms with van der Waals surface area (Å²) < 4.78 is 7.67. The summed E-state index contributed by atoms with van der Waals surface area (Å²) in [5, 5.41) is 13.7. The highest BCUT2D eigenvalue weighted by Crippen LogP contribution is 2.32. The summed E-state index contributed by atoms with van der Waals surface area (Å²) in [6.07, 6.45) is 4.25. The number of nitriles is 1. The summed E-state index contributed by atoms with van der Waals surface area (Å²) in [5.74, 6) is 0.753. The van der Waals surface area contributed by atoms with E-state index >= 15 is 0 Å². The van der Waals surface area contributed by atoms with Crippen LogP contribution in [0.2, 0.25) is 0 Å². The second-order valence-electron chi connectivity index (χ2n) is 6.56. The number of nitrogens with zero attached hydrogens (tertiary/aromatic N) is 6. The van der Waals surface area contributed by atoms with Gasteiger partial charge in [-0.3, -0.25) is 9.97 Å². The van der Waals surface area contributed by atoms with Crippen molar-refractivity contribution in [3.8, 4) is 40.5 Å². The Labute approximate surface area is 173 Å². The number of aromatic nitrogens is 5. The van der Waals surface area contributed by atoms with Crippen LogP contribution in [0.4, 0.5) is 0 Å². The second kappa shape index (κ2) is 8.51. The molecule has 0 fully saturated rings. The lowest BCUT2D eigenvalue weighted by Crippen LogP contribution is -2.03. The highest BCUT2D eigenvalue weighted by atomic mass is 16.5. The quantitative estimate of drug-likeness (QED) is 0.531. The van der Waals surface area contributed by atoms with Crippen LogP contribution in [-0.2, 0) is 13.5 Å². The minimum absolute atomic E-state index is 0.251. The van der Waals surface area contributed by atoms with Gasteiger partial charge in [-0.2, -0.15) is 10.4 Å². The molecule has 4 heterocycles. The van der Waals surface area contributed by atoms with Crippen molar-refractivity contribution in [2.75, 3.05) is 6.54 Å². The first-order valence-electron chi connectivity index (χ1n) is 9.37. The van der Waals surface area contributed by atoms with Crippen LogP contribution in [0, 0.1) is 11.3 Å². The maximum Gasteiger partial charge on any atom is 0.232 e. The molecule has 0 bridgehead atoms. The molecule has 0 saturated heterocycles. The molecule has 0 aliphatic carbocycles. The van der Waals surface area contributed by atoms with Gasteiger partial charge in [0.2, 0.25) is 11.8 Å². The predicted octanol–water partition coefficient (Wildman–Crippen LogP) is 3.10. The molecule has 30 heavy (non-hydrogen) atoms. The molecule has 0 radical (unpaired) electrons. The van der Waals surface area contributed by atoms with Gasteiger partial charge in [0.05, 0.1) is 17.0 Å². The summed E-state index contributed by atoms with van der Waals surface area (Å²) in [4.78, 5) is 13.2. The van der Waals surface area contributed by atoms with Crippen LogP contribution in [0.3, 0.4) is 0 Å². The van der Waals surface area contributed by atoms with Crippen LogP contribution in [0.1, 0.15) is 11.3 Å². The Kier molecular flexibility index (Phi) is 5.46. The summed E-state index contributed by atoms with van der Waals surface area (Å²) in [6, 6.07) is 16.7. The number of hydrogen-bond donors (Lipinski definition) is 1. The molecule has 0 atom stereocenters. The van der Waals surface area contributed by atoms with Crippen molar-refractivity contribution >= 4 is 0 Å². The third-order valence-corrected chi connectivity index (χ3v) is 4.47. The normalized spacial score (nSPS) is 10.6. The highest BCUT2D eigenvalue weighted by molar-refractivity contribution is 5.66. The molecule has 0 unspecified atom stereocenters. The number of nitrogens with two attached hydrogens (primary N) is 1. The van der Waals surface area contributed by atoms with Crippen molar-refractivity contribution < 1.29 is 4.74 Å². The van der Waals surface area contributed by atoms with E-state index in [9.17, 15) is 5.26 Å². The van der Waals surface area contributed by atoms with Gasteiger partial charge in [-0.25, -0.2) is 9.67 Å². The summed E-state index contributed by atoms with van der Waals surface area (Å²) >= 11 is 0. The Balaban J connectivity index is 1.70. The zero-order valence-corrected chi connectivity index (χ0v) is 16.4. The molecular formula is C22H19N7O. The molecule has 148 valence electrons. The van der Waals surface area contributed by atoms with E-state index in [4.69, 9.17) is 10.5 Å².